The molecule has 1 aliphatic rings. The van der Waals surface area contributed by atoms with Crippen molar-refractivity contribution in [2.24, 2.45) is 11.1 Å². The Morgan fingerprint density at radius 3 is 2.50 bits per heavy atom. The van der Waals surface area contributed by atoms with Crippen molar-refractivity contribution in [3.63, 3.8) is 0 Å². The summed E-state index contributed by atoms with van der Waals surface area (Å²) >= 11 is 0. The van der Waals surface area contributed by atoms with Crippen molar-refractivity contribution < 1.29 is 24.2 Å². The quantitative estimate of drug-likeness (QED) is 0.278. The number of pyridine rings is 1. The first-order valence-corrected chi connectivity index (χ1v) is 8.99. The second kappa shape index (κ2) is 9.07. The van der Waals surface area contributed by atoms with Crippen molar-refractivity contribution in [1.29, 1.82) is 0 Å². The summed E-state index contributed by atoms with van der Waals surface area (Å²) in [5, 5.41) is 13.2. The number of carbonyl (C=O) groups is 1. The van der Waals surface area contributed by atoms with E-state index in [2.05, 4.69) is 10.1 Å². The van der Waals surface area contributed by atoms with Gasteiger partial charge in [-0.1, -0.05) is 17.3 Å². The van der Waals surface area contributed by atoms with Crippen LogP contribution in [0.2, 0.25) is 0 Å². The van der Waals surface area contributed by atoms with Crippen LogP contribution in [0.25, 0.3) is 0 Å². The first kappa shape index (κ1) is 19.5. The third-order valence-corrected chi connectivity index (χ3v) is 4.71. The number of piperidine rings is 1. The second-order valence-corrected chi connectivity index (χ2v) is 6.32. The number of nitrogens with zero attached hydrogens (tertiary/aromatic N) is 3. The minimum atomic E-state index is -0.205. The minimum absolute atomic E-state index is 0.139. The number of amidine groups is 1. The van der Waals surface area contributed by atoms with Crippen molar-refractivity contribution in [1.82, 2.24) is 9.88 Å². The van der Waals surface area contributed by atoms with Crippen LogP contribution >= 0.6 is 0 Å². The highest BCUT2D eigenvalue weighted by molar-refractivity contribution is 6.00. The van der Waals surface area contributed by atoms with Crippen LogP contribution in [0, 0.1) is 5.92 Å². The number of hydrogen-bond donors (Lipinski definition) is 1. The van der Waals surface area contributed by atoms with Gasteiger partial charge in [-0.15, -0.1) is 0 Å². The molecule has 28 heavy (non-hydrogen) atoms. The first-order chi connectivity index (χ1) is 13.7. The van der Waals surface area contributed by atoms with E-state index in [1.54, 1.807) is 37.6 Å². The van der Waals surface area contributed by atoms with Crippen molar-refractivity contribution >= 4 is 11.8 Å². The summed E-state index contributed by atoms with van der Waals surface area (Å²) < 4.78 is 16.1. The molecule has 1 N–H and O–H groups in total. The van der Waals surface area contributed by atoms with E-state index in [-0.39, 0.29) is 11.9 Å². The van der Waals surface area contributed by atoms with Crippen molar-refractivity contribution in [2.45, 2.75) is 12.8 Å². The molecular formula is C20H23N3O5. The maximum absolute atomic E-state index is 11.7. The van der Waals surface area contributed by atoms with Gasteiger partial charge < -0.3 is 24.3 Å². The molecule has 0 aliphatic carbocycles. The van der Waals surface area contributed by atoms with Crippen LogP contribution in [-0.2, 0) is 9.53 Å². The van der Waals surface area contributed by atoms with Gasteiger partial charge in [0.15, 0.2) is 17.3 Å². The Morgan fingerprint density at radius 2 is 1.86 bits per heavy atom. The number of carbonyl (C=O) groups excluding carboxylic acids is 1. The normalized spacial score (nSPS) is 15.2. The lowest BCUT2D eigenvalue weighted by atomic mass is 9.96. The largest absolute Gasteiger partial charge is 0.493 e. The van der Waals surface area contributed by atoms with Crippen LogP contribution in [-0.4, -0.2) is 54.2 Å². The highest BCUT2D eigenvalue weighted by Gasteiger charge is 2.29. The zero-order valence-corrected chi connectivity index (χ0v) is 15.9. The number of hydrogen-bond acceptors (Lipinski definition) is 7. The molecule has 8 nitrogen and oxygen atoms in total. The lowest BCUT2D eigenvalue weighted by Crippen LogP contribution is -2.41. The Hall–Kier alpha value is -3.29. The Morgan fingerprint density at radius 1 is 1.14 bits per heavy atom. The summed E-state index contributed by atoms with van der Waals surface area (Å²) in [6, 6.07) is 10.8. The number of aromatic nitrogens is 1. The van der Waals surface area contributed by atoms with Crippen LogP contribution < -0.4 is 9.47 Å². The van der Waals surface area contributed by atoms with E-state index < -0.39 is 0 Å². The standard InChI is InChI=1S/C20H23N3O5/c1-26-16-7-3-4-8-17(16)28-19-15(6-5-11-21-19)18(22-25)23-12-9-14(10-13-23)20(24)27-2/h3-8,11,14,25H,9-10,12-13H2,1-2H3/b22-18-. The Kier molecular flexibility index (Phi) is 6.31. The molecule has 0 atom stereocenters. The average Bonchev–Trinajstić information content (AvgIpc) is 2.75. The molecule has 1 fully saturated rings. The fourth-order valence-corrected chi connectivity index (χ4v) is 3.23. The number of oxime groups is 1. The second-order valence-electron chi connectivity index (χ2n) is 6.32. The Bertz CT molecular complexity index is 847. The smallest absolute Gasteiger partial charge is 0.308 e. The number of methoxy groups -OCH3 is 2. The molecule has 3 rings (SSSR count). The number of likely N-dealkylation sites (tertiary alicyclic amines) is 1. The zero-order valence-electron chi connectivity index (χ0n) is 15.9. The Balaban J connectivity index is 1.82. The first-order valence-electron chi connectivity index (χ1n) is 8.99. The zero-order chi connectivity index (χ0) is 19.9. The highest BCUT2D eigenvalue weighted by Crippen LogP contribution is 2.32. The van der Waals surface area contributed by atoms with E-state index in [0.29, 0.717) is 54.7 Å². The van der Waals surface area contributed by atoms with Gasteiger partial charge in [0.1, 0.15) is 0 Å². The number of esters is 1. The number of para-hydroxylation sites is 2. The summed E-state index contributed by atoms with van der Waals surface area (Å²) in [5.74, 6) is 1.38. The summed E-state index contributed by atoms with van der Waals surface area (Å²) in [7, 11) is 2.96. The predicted molar refractivity (Wildman–Crippen MR) is 102 cm³/mol. The fourth-order valence-electron chi connectivity index (χ4n) is 3.23. The van der Waals surface area contributed by atoms with Gasteiger partial charge in [-0.05, 0) is 37.1 Å². The van der Waals surface area contributed by atoms with E-state index in [1.165, 1.54) is 7.11 Å². The van der Waals surface area contributed by atoms with Gasteiger partial charge in [0, 0.05) is 19.3 Å². The Labute approximate surface area is 163 Å². The third kappa shape index (κ3) is 4.16. The fraction of sp³-hybridized carbons (Fsp3) is 0.350. The molecular weight excluding hydrogens is 362 g/mol. The average molecular weight is 385 g/mol. The third-order valence-electron chi connectivity index (χ3n) is 4.71. The predicted octanol–water partition coefficient (Wildman–Crippen LogP) is 2.90. The summed E-state index contributed by atoms with van der Waals surface area (Å²) in [4.78, 5) is 17.9. The summed E-state index contributed by atoms with van der Waals surface area (Å²) in [6.07, 6.45) is 2.84. The van der Waals surface area contributed by atoms with Gasteiger partial charge in [-0.2, -0.15) is 0 Å². The van der Waals surface area contributed by atoms with E-state index in [4.69, 9.17) is 14.2 Å². The van der Waals surface area contributed by atoms with Crippen LogP contribution in [0.1, 0.15) is 18.4 Å². The molecule has 1 aromatic carbocycles. The highest BCUT2D eigenvalue weighted by atomic mass is 16.5. The lowest BCUT2D eigenvalue weighted by Gasteiger charge is -2.32. The maximum atomic E-state index is 11.7. The molecule has 2 heterocycles. The van der Waals surface area contributed by atoms with Crippen LogP contribution in [0.4, 0.5) is 0 Å². The van der Waals surface area contributed by atoms with Gasteiger partial charge in [0.05, 0.1) is 25.7 Å². The molecule has 2 aromatic rings. The van der Waals surface area contributed by atoms with Crippen LogP contribution in [0.15, 0.2) is 47.8 Å². The topological polar surface area (TPSA) is 93.5 Å². The molecule has 1 aliphatic heterocycles. The molecule has 0 spiro atoms. The molecule has 0 radical (unpaired) electrons. The van der Waals surface area contributed by atoms with Crippen LogP contribution in [0.3, 0.4) is 0 Å². The lowest BCUT2D eigenvalue weighted by molar-refractivity contribution is -0.146. The van der Waals surface area contributed by atoms with Gasteiger partial charge >= 0.3 is 5.97 Å². The number of benzene rings is 1. The van der Waals surface area contributed by atoms with Gasteiger partial charge in [-0.3, -0.25) is 4.79 Å². The van der Waals surface area contributed by atoms with Gasteiger partial charge in [0.25, 0.3) is 0 Å². The van der Waals surface area contributed by atoms with Crippen LogP contribution in [0.5, 0.6) is 17.4 Å². The van der Waals surface area contributed by atoms with Crippen molar-refractivity contribution in [3.8, 4) is 17.4 Å². The number of ether oxygens (including phenoxy) is 3. The van der Waals surface area contributed by atoms with E-state index >= 15 is 0 Å². The van der Waals surface area contributed by atoms with Gasteiger partial charge in [0.2, 0.25) is 5.88 Å². The molecule has 8 heteroatoms. The molecule has 0 saturated carbocycles. The SMILES string of the molecule is COC(=O)C1CCN(/C(=N\O)c2cccnc2Oc2ccccc2OC)CC1. The summed E-state index contributed by atoms with van der Waals surface area (Å²) in [6.45, 7) is 1.12. The van der Waals surface area contributed by atoms with Crippen molar-refractivity contribution in [3.05, 3.63) is 48.2 Å². The molecule has 148 valence electrons. The van der Waals surface area contributed by atoms with E-state index in [9.17, 15) is 10.0 Å². The maximum Gasteiger partial charge on any atom is 0.308 e. The molecule has 0 amide bonds. The van der Waals surface area contributed by atoms with E-state index in [1.807, 2.05) is 17.0 Å². The van der Waals surface area contributed by atoms with Crippen molar-refractivity contribution in [2.75, 3.05) is 27.3 Å². The molecule has 1 saturated heterocycles. The summed E-state index contributed by atoms with van der Waals surface area (Å²) in [5.41, 5.74) is 0.549. The number of rotatable bonds is 5. The molecule has 0 unspecified atom stereocenters. The van der Waals surface area contributed by atoms with Gasteiger partial charge in [-0.25, -0.2) is 4.98 Å². The van der Waals surface area contributed by atoms with E-state index in [0.717, 1.165) is 0 Å². The monoisotopic (exact) mass is 385 g/mol. The molecule has 1 aromatic heterocycles. The minimum Gasteiger partial charge on any atom is -0.493 e. The molecule has 0 bridgehead atoms.